The largest absolute Gasteiger partial charge is 0.494 e. The Hall–Kier alpha value is -3.72. The molecule has 0 spiro atoms. The summed E-state index contributed by atoms with van der Waals surface area (Å²) >= 11 is 0. The SMILES string of the molecule is C=C(C)C(=O)OCCCCCCCCCCCOc1ccc(C=C(C#N)c2ccc3c(c2)OCO3)cc1. The zero-order valence-electron chi connectivity index (χ0n) is 21.8. The topological polar surface area (TPSA) is 77.8 Å². The first-order chi connectivity index (χ1) is 18.1. The Morgan fingerprint density at radius 2 is 1.54 bits per heavy atom. The molecule has 2 aromatic rings. The third-order valence-corrected chi connectivity index (χ3v) is 6.13. The molecule has 0 radical (unpaired) electrons. The fraction of sp³-hybridized carbons (Fsp3) is 0.419. The first kappa shape index (κ1) is 27.9. The number of nitriles is 1. The molecule has 0 bridgehead atoms. The van der Waals surface area contributed by atoms with E-state index in [1.165, 1.54) is 38.5 Å². The molecule has 196 valence electrons. The van der Waals surface area contributed by atoms with E-state index in [1.54, 1.807) is 6.92 Å². The van der Waals surface area contributed by atoms with E-state index in [1.807, 2.05) is 48.5 Å². The lowest BCUT2D eigenvalue weighted by Gasteiger charge is -2.07. The average Bonchev–Trinajstić information content (AvgIpc) is 3.38. The number of ether oxygens (including phenoxy) is 4. The average molecular weight is 504 g/mol. The van der Waals surface area contributed by atoms with E-state index in [-0.39, 0.29) is 12.8 Å². The summed E-state index contributed by atoms with van der Waals surface area (Å²) in [5.74, 6) is 1.92. The highest BCUT2D eigenvalue weighted by molar-refractivity contribution is 5.90. The van der Waals surface area contributed by atoms with Gasteiger partial charge in [0.05, 0.1) is 24.9 Å². The van der Waals surface area contributed by atoms with Gasteiger partial charge in [-0.15, -0.1) is 0 Å². The molecule has 6 nitrogen and oxygen atoms in total. The van der Waals surface area contributed by atoms with Crippen molar-refractivity contribution in [1.29, 1.82) is 5.26 Å². The van der Waals surface area contributed by atoms with Gasteiger partial charge in [0, 0.05) is 5.57 Å². The zero-order valence-corrected chi connectivity index (χ0v) is 21.8. The quantitative estimate of drug-likeness (QED) is 0.0776. The molecular formula is C31H37NO5. The smallest absolute Gasteiger partial charge is 0.333 e. The van der Waals surface area contributed by atoms with Gasteiger partial charge in [0.1, 0.15) is 5.75 Å². The number of fused-ring (bicyclic) bond motifs is 1. The Labute approximate surface area is 220 Å². The van der Waals surface area contributed by atoms with Gasteiger partial charge in [-0.3, -0.25) is 0 Å². The highest BCUT2D eigenvalue weighted by Crippen LogP contribution is 2.34. The van der Waals surface area contributed by atoms with Crippen molar-refractivity contribution in [3.8, 4) is 23.3 Å². The maximum absolute atomic E-state index is 11.3. The molecule has 0 aliphatic carbocycles. The van der Waals surface area contributed by atoms with Gasteiger partial charge in [-0.25, -0.2) is 4.79 Å². The Bertz CT molecular complexity index is 1100. The van der Waals surface area contributed by atoms with Gasteiger partial charge in [0.2, 0.25) is 6.79 Å². The second kappa shape index (κ2) is 15.4. The maximum atomic E-state index is 11.3. The van der Waals surface area contributed by atoms with Crippen molar-refractivity contribution < 1.29 is 23.7 Å². The molecule has 3 rings (SSSR count). The third kappa shape index (κ3) is 9.69. The molecule has 0 unspecified atom stereocenters. The molecule has 0 amide bonds. The van der Waals surface area contributed by atoms with Crippen molar-refractivity contribution in [3.05, 3.63) is 65.7 Å². The number of nitrogens with zero attached hydrogens (tertiary/aromatic N) is 1. The number of unbranched alkanes of at least 4 members (excludes halogenated alkanes) is 8. The van der Waals surface area contributed by atoms with Crippen LogP contribution in [-0.4, -0.2) is 26.0 Å². The summed E-state index contributed by atoms with van der Waals surface area (Å²) in [6.45, 7) is 6.66. The number of carbonyl (C=O) groups is 1. The van der Waals surface area contributed by atoms with E-state index in [9.17, 15) is 10.1 Å². The molecule has 2 aromatic carbocycles. The van der Waals surface area contributed by atoms with E-state index in [2.05, 4.69) is 12.6 Å². The highest BCUT2D eigenvalue weighted by Gasteiger charge is 2.14. The number of rotatable bonds is 16. The van der Waals surface area contributed by atoms with Crippen LogP contribution in [0.15, 0.2) is 54.6 Å². The molecule has 0 saturated carbocycles. The third-order valence-electron chi connectivity index (χ3n) is 6.13. The van der Waals surface area contributed by atoms with Crippen LogP contribution in [0.25, 0.3) is 11.6 Å². The number of hydrogen-bond acceptors (Lipinski definition) is 6. The molecule has 0 atom stereocenters. The summed E-state index contributed by atoms with van der Waals surface area (Å²) in [5.41, 5.74) is 2.76. The molecule has 1 aliphatic rings. The summed E-state index contributed by atoms with van der Waals surface area (Å²) in [4.78, 5) is 11.3. The molecule has 1 heterocycles. The van der Waals surface area contributed by atoms with Crippen LogP contribution in [0, 0.1) is 11.3 Å². The van der Waals surface area contributed by atoms with Crippen LogP contribution in [0.2, 0.25) is 0 Å². The number of benzene rings is 2. The predicted octanol–water partition coefficient (Wildman–Crippen LogP) is 7.49. The van der Waals surface area contributed by atoms with E-state index >= 15 is 0 Å². The first-order valence-electron chi connectivity index (χ1n) is 13.1. The fourth-order valence-electron chi connectivity index (χ4n) is 3.99. The van der Waals surface area contributed by atoms with Crippen molar-refractivity contribution in [2.75, 3.05) is 20.0 Å². The molecule has 0 N–H and O–H groups in total. The van der Waals surface area contributed by atoms with Crippen molar-refractivity contribution in [2.24, 2.45) is 0 Å². The van der Waals surface area contributed by atoms with Crippen LogP contribution < -0.4 is 14.2 Å². The van der Waals surface area contributed by atoms with Crippen molar-refractivity contribution >= 4 is 17.6 Å². The number of esters is 1. The molecule has 0 aromatic heterocycles. The van der Waals surface area contributed by atoms with Gasteiger partial charge in [0.15, 0.2) is 11.5 Å². The van der Waals surface area contributed by atoms with Gasteiger partial charge in [0.25, 0.3) is 0 Å². The van der Waals surface area contributed by atoms with Crippen LogP contribution in [0.3, 0.4) is 0 Å². The summed E-state index contributed by atoms with van der Waals surface area (Å²) in [7, 11) is 0. The lowest BCUT2D eigenvalue weighted by Crippen LogP contribution is -2.05. The van der Waals surface area contributed by atoms with Crippen LogP contribution in [0.5, 0.6) is 17.2 Å². The fourth-order valence-corrected chi connectivity index (χ4v) is 3.99. The second-order valence-electron chi connectivity index (χ2n) is 9.25. The van der Waals surface area contributed by atoms with Crippen LogP contribution in [0.4, 0.5) is 0 Å². The highest BCUT2D eigenvalue weighted by atomic mass is 16.7. The van der Waals surface area contributed by atoms with Gasteiger partial charge >= 0.3 is 5.97 Å². The number of hydrogen-bond donors (Lipinski definition) is 0. The van der Waals surface area contributed by atoms with Gasteiger partial charge in [-0.05, 0) is 67.3 Å². The minimum Gasteiger partial charge on any atom is -0.494 e. The lowest BCUT2D eigenvalue weighted by atomic mass is 10.0. The molecular weight excluding hydrogens is 466 g/mol. The molecule has 0 saturated heterocycles. The van der Waals surface area contributed by atoms with Crippen LogP contribution in [-0.2, 0) is 9.53 Å². The van der Waals surface area contributed by atoms with E-state index in [0.29, 0.717) is 35.9 Å². The van der Waals surface area contributed by atoms with Gasteiger partial charge in [-0.1, -0.05) is 63.7 Å². The van der Waals surface area contributed by atoms with E-state index in [4.69, 9.17) is 18.9 Å². The maximum Gasteiger partial charge on any atom is 0.333 e. The molecule has 1 aliphatic heterocycles. The standard InChI is InChI=1S/C31H37NO5/c1-24(2)31(33)35-19-11-9-7-5-3-4-6-8-10-18-34-28-15-12-25(13-16-28)20-27(22-32)26-14-17-29-30(21-26)37-23-36-29/h12-17,20-21H,1,3-11,18-19,23H2,2H3. The van der Waals surface area contributed by atoms with Gasteiger partial charge < -0.3 is 18.9 Å². The van der Waals surface area contributed by atoms with Gasteiger partial charge in [-0.2, -0.15) is 5.26 Å². The zero-order chi connectivity index (χ0) is 26.3. The number of carbonyl (C=O) groups excluding carboxylic acids is 1. The van der Waals surface area contributed by atoms with Crippen LogP contribution in [0.1, 0.15) is 75.8 Å². The summed E-state index contributed by atoms with van der Waals surface area (Å²) < 4.78 is 21.7. The molecule has 0 fully saturated rings. The molecule has 37 heavy (non-hydrogen) atoms. The normalized spacial score (nSPS) is 12.2. The summed E-state index contributed by atoms with van der Waals surface area (Å²) in [6, 6.07) is 15.6. The second-order valence-corrected chi connectivity index (χ2v) is 9.25. The van der Waals surface area contributed by atoms with E-state index in [0.717, 1.165) is 36.1 Å². The monoisotopic (exact) mass is 503 g/mol. The summed E-state index contributed by atoms with van der Waals surface area (Å²) in [6.07, 6.45) is 12.2. The Morgan fingerprint density at radius 3 is 2.19 bits per heavy atom. The van der Waals surface area contributed by atoms with Crippen LogP contribution >= 0.6 is 0 Å². The Kier molecular flexibility index (Phi) is 11.6. The van der Waals surface area contributed by atoms with E-state index < -0.39 is 0 Å². The van der Waals surface area contributed by atoms with Crippen molar-refractivity contribution in [1.82, 2.24) is 0 Å². The minimum atomic E-state index is -0.291. The summed E-state index contributed by atoms with van der Waals surface area (Å²) in [5, 5.41) is 9.62. The lowest BCUT2D eigenvalue weighted by molar-refractivity contribution is -0.139. The molecule has 6 heteroatoms. The van der Waals surface area contributed by atoms with Crippen molar-refractivity contribution in [2.45, 2.75) is 64.7 Å². The minimum absolute atomic E-state index is 0.213. The predicted molar refractivity (Wildman–Crippen MR) is 145 cm³/mol. The number of allylic oxidation sites excluding steroid dienone is 1. The Balaban J connectivity index is 1.25. The van der Waals surface area contributed by atoms with Crippen molar-refractivity contribution in [3.63, 3.8) is 0 Å². The Morgan fingerprint density at radius 1 is 0.919 bits per heavy atom. The first-order valence-corrected chi connectivity index (χ1v) is 13.1.